The maximum Gasteiger partial charge on any atom is 0.430 e. The molecule has 8 heteroatoms. The number of anilines is 2. The smallest absolute Gasteiger partial charge is 0.430 e. The summed E-state index contributed by atoms with van der Waals surface area (Å²) in [4.78, 5) is 24.0. The first kappa shape index (κ1) is 18.6. The van der Waals surface area contributed by atoms with Crippen LogP contribution in [0.1, 0.15) is 38.9 Å². The predicted octanol–water partition coefficient (Wildman–Crippen LogP) is 4.21. The average Bonchev–Trinajstić information content (AvgIpc) is 2.47. The second-order valence-corrected chi connectivity index (χ2v) is 5.98. The summed E-state index contributed by atoms with van der Waals surface area (Å²) in [5.74, 6) is 2.57. The van der Waals surface area contributed by atoms with E-state index in [2.05, 4.69) is 22.0 Å². The van der Waals surface area contributed by atoms with Gasteiger partial charge in [0, 0.05) is 30.6 Å². The molecule has 1 aliphatic rings. The summed E-state index contributed by atoms with van der Waals surface area (Å²) < 4.78 is 44.3. The molecule has 134 valence electrons. The molecule has 0 fully saturated rings. The Kier molecular flexibility index (Phi) is 5.26. The highest BCUT2D eigenvalue weighted by Gasteiger charge is 2.49. The van der Waals surface area contributed by atoms with Crippen molar-refractivity contribution >= 4 is 23.4 Å². The summed E-state index contributed by atoms with van der Waals surface area (Å²) in [5, 5.41) is 2.41. The number of hydrogen-bond donors (Lipinski definition) is 1. The van der Waals surface area contributed by atoms with Crippen LogP contribution >= 0.6 is 0 Å². The number of carbonyl (C=O) groups excluding carboxylic acids is 2. The van der Waals surface area contributed by atoms with E-state index in [4.69, 9.17) is 0 Å². The van der Waals surface area contributed by atoms with Crippen LogP contribution in [0, 0.1) is 17.9 Å². The first-order valence-electron chi connectivity index (χ1n) is 7.57. The predicted molar refractivity (Wildman–Crippen MR) is 85.7 cm³/mol. The molecule has 0 spiro atoms. The van der Waals surface area contributed by atoms with Gasteiger partial charge in [0.2, 0.25) is 12.0 Å². The van der Waals surface area contributed by atoms with E-state index in [0.717, 1.165) is 11.0 Å². The Morgan fingerprint density at radius 3 is 2.64 bits per heavy atom. The first-order valence-corrected chi connectivity index (χ1v) is 7.57. The lowest BCUT2D eigenvalue weighted by molar-refractivity contribution is -0.206. The number of halogens is 3. The van der Waals surface area contributed by atoms with E-state index in [0.29, 0.717) is 6.42 Å². The first-order chi connectivity index (χ1) is 11.6. The maximum absolute atomic E-state index is 13.3. The number of hydrogen-bond acceptors (Lipinski definition) is 3. The maximum atomic E-state index is 13.3. The van der Waals surface area contributed by atoms with Gasteiger partial charge in [0.05, 0.1) is 5.69 Å². The number of nitrogens with zero attached hydrogens (tertiary/aromatic N) is 1. The minimum absolute atomic E-state index is 0.0102. The second kappa shape index (κ2) is 7.05. The molecule has 0 aromatic heterocycles. The van der Waals surface area contributed by atoms with Crippen LogP contribution in [0.15, 0.2) is 18.2 Å². The molecular formula is C17H17F3N2O3. The highest BCUT2D eigenvalue weighted by atomic mass is 19.4. The molecule has 0 aliphatic carbocycles. The molecule has 1 atom stereocenters. The lowest BCUT2D eigenvalue weighted by Crippen LogP contribution is -2.39. The zero-order chi connectivity index (χ0) is 18.8. The topological polar surface area (TPSA) is 58.6 Å². The van der Waals surface area contributed by atoms with E-state index in [1.54, 1.807) is 0 Å². The second-order valence-electron chi connectivity index (χ2n) is 5.98. The summed E-state index contributed by atoms with van der Waals surface area (Å²) in [6, 6.07) is 6.40. The highest BCUT2D eigenvalue weighted by molar-refractivity contribution is 5.96. The standard InChI is InChI=1S/C17H17F3N2O3/c1-10(2)5-4-8-22-14-7-6-12(21-11(3)23)9-13(14)15(17(18,19)20)25-16(22)24/h6-7,9-10,15H,5H2,1-3H3,(H,21,23). The fourth-order valence-electron chi connectivity index (χ4n) is 2.24. The van der Waals surface area contributed by atoms with Crippen molar-refractivity contribution in [2.24, 2.45) is 5.92 Å². The normalized spacial score (nSPS) is 16.7. The number of cyclic esters (lactones) is 1. The summed E-state index contributed by atoms with van der Waals surface area (Å²) in [5.41, 5.74) is -0.116. The Hall–Kier alpha value is -2.69. The third-order valence-corrected chi connectivity index (χ3v) is 3.27. The number of amides is 2. The fourth-order valence-corrected chi connectivity index (χ4v) is 2.24. The summed E-state index contributed by atoms with van der Waals surface area (Å²) in [7, 11) is 0. The molecule has 1 unspecified atom stereocenters. The summed E-state index contributed by atoms with van der Waals surface area (Å²) in [6.07, 6.45) is -7.90. The number of nitrogens with one attached hydrogen (secondary N) is 1. The fraction of sp³-hybridized carbons (Fsp3) is 0.412. The Morgan fingerprint density at radius 2 is 2.08 bits per heavy atom. The number of ether oxygens (including phenoxy) is 1. The molecule has 0 saturated carbocycles. The van der Waals surface area contributed by atoms with Crippen LogP contribution in [-0.2, 0) is 9.53 Å². The van der Waals surface area contributed by atoms with Crippen molar-refractivity contribution in [2.75, 3.05) is 10.2 Å². The highest BCUT2D eigenvalue weighted by Crippen LogP contribution is 2.44. The Bertz CT molecular complexity index is 748. The van der Waals surface area contributed by atoms with Gasteiger partial charge in [-0.1, -0.05) is 19.8 Å². The van der Waals surface area contributed by atoms with Crippen molar-refractivity contribution in [3.8, 4) is 12.0 Å². The van der Waals surface area contributed by atoms with Crippen LogP contribution in [0.4, 0.5) is 29.3 Å². The summed E-state index contributed by atoms with van der Waals surface area (Å²) >= 11 is 0. The van der Waals surface area contributed by atoms with Gasteiger partial charge in [0.25, 0.3) is 0 Å². The molecule has 0 bridgehead atoms. The number of alkyl halides is 3. The number of rotatable bonds is 2. The van der Waals surface area contributed by atoms with Gasteiger partial charge < -0.3 is 10.1 Å². The van der Waals surface area contributed by atoms with E-state index in [9.17, 15) is 22.8 Å². The summed E-state index contributed by atoms with van der Waals surface area (Å²) in [6.45, 7) is 5.09. The van der Waals surface area contributed by atoms with Gasteiger partial charge in [0.15, 0.2) is 0 Å². The van der Waals surface area contributed by atoms with Crippen LogP contribution in [0.3, 0.4) is 0 Å². The van der Waals surface area contributed by atoms with E-state index in [1.807, 2.05) is 13.8 Å². The molecule has 1 N–H and O–H groups in total. The molecule has 0 radical (unpaired) electrons. The zero-order valence-corrected chi connectivity index (χ0v) is 13.9. The van der Waals surface area contributed by atoms with Crippen LogP contribution in [0.2, 0.25) is 0 Å². The van der Waals surface area contributed by atoms with Crippen molar-refractivity contribution in [3.63, 3.8) is 0 Å². The van der Waals surface area contributed by atoms with Gasteiger partial charge in [0.1, 0.15) is 0 Å². The SMILES string of the molecule is CC(=O)Nc1ccc2c(c1)C(C(F)(F)F)OC(=O)N2C#CCC(C)C. The van der Waals surface area contributed by atoms with Gasteiger partial charge in [-0.25, -0.2) is 9.69 Å². The Morgan fingerprint density at radius 1 is 1.40 bits per heavy atom. The number of fused-ring (bicyclic) bond motifs is 1. The lowest BCUT2D eigenvalue weighted by atomic mass is 10.0. The molecule has 2 rings (SSSR count). The molecule has 2 amide bonds. The van der Waals surface area contributed by atoms with Crippen LogP contribution in [-0.4, -0.2) is 18.2 Å². The van der Waals surface area contributed by atoms with Crippen LogP contribution in [0.25, 0.3) is 0 Å². The van der Waals surface area contributed by atoms with E-state index in [1.165, 1.54) is 19.1 Å². The monoisotopic (exact) mass is 354 g/mol. The van der Waals surface area contributed by atoms with Crippen molar-refractivity contribution < 1.29 is 27.5 Å². The van der Waals surface area contributed by atoms with Crippen molar-refractivity contribution in [2.45, 2.75) is 39.5 Å². The zero-order valence-electron chi connectivity index (χ0n) is 13.9. The van der Waals surface area contributed by atoms with Gasteiger partial charge in [-0.2, -0.15) is 13.2 Å². The van der Waals surface area contributed by atoms with E-state index in [-0.39, 0.29) is 22.9 Å². The number of carbonyl (C=O) groups is 2. The molecule has 1 aliphatic heterocycles. The molecule has 25 heavy (non-hydrogen) atoms. The Labute approximate surface area is 143 Å². The van der Waals surface area contributed by atoms with Gasteiger partial charge >= 0.3 is 12.3 Å². The largest absolute Gasteiger partial charge is 0.430 e. The van der Waals surface area contributed by atoms with Gasteiger partial charge in [-0.05, 0) is 24.1 Å². The third-order valence-electron chi connectivity index (χ3n) is 3.27. The Balaban J connectivity index is 2.49. The van der Waals surface area contributed by atoms with Gasteiger partial charge in [-0.15, -0.1) is 0 Å². The minimum atomic E-state index is -4.78. The van der Waals surface area contributed by atoms with E-state index >= 15 is 0 Å². The third kappa shape index (κ3) is 4.44. The van der Waals surface area contributed by atoms with Crippen LogP contribution < -0.4 is 10.2 Å². The molecule has 0 saturated heterocycles. The quantitative estimate of drug-likeness (QED) is 0.810. The van der Waals surface area contributed by atoms with Crippen molar-refractivity contribution in [1.82, 2.24) is 0 Å². The average molecular weight is 354 g/mol. The lowest BCUT2D eigenvalue weighted by Gasteiger charge is -2.32. The van der Waals surface area contributed by atoms with Crippen molar-refractivity contribution in [1.29, 1.82) is 0 Å². The minimum Gasteiger partial charge on any atom is -0.430 e. The van der Waals surface area contributed by atoms with Crippen molar-refractivity contribution in [3.05, 3.63) is 23.8 Å². The molecule has 1 aromatic rings. The molecule has 1 heterocycles. The number of benzene rings is 1. The molecular weight excluding hydrogens is 337 g/mol. The van der Waals surface area contributed by atoms with E-state index < -0.39 is 24.3 Å². The molecule has 5 nitrogen and oxygen atoms in total. The van der Waals surface area contributed by atoms with Crippen LogP contribution in [0.5, 0.6) is 0 Å². The molecule has 1 aromatic carbocycles. The van der Waals surface area contributed by atoms with Gasteiger partial charge in [-0.3, -0.25) is 4.79 Å².